The molecule has 1 fully saturated rings. The summed E-state index contributed by atoms with van der Waals surface area (Å²) in [5.74, 6) is 1.23. The number of amides is 1. The van der Waals surface area contributed by atoms with Gasteiger partial charge in [0.25, 0.3) is 5.91 Å². The van der Waals surface area contributed by atoms with E-state index in [1.807, 2.05) is 0 Å². The second-order valence-corrected chi connectivity index (χ2v) is 6.78. The molecule has 2 unspecified atom stereocenters. The van der Waals surface area contributed by atoms with Gasteiger partial charge < -0.3 is 5.32 Å². The summed E-state index contributed by atoms with van der Waals surface area (Å²) in [6, 6.07) is 2.37. The van der Waals surface area contributed by atoms with Gasteiger partial charge >= 0.3 is 0 Å². The lowest BCUT2D eigenvalue weighted by Crippen LogP contribution is -2.37. The number of aryl methyl sites for hydroxylation is 2. The smallest absolute Gasteiger partial charge is 0.261 e. The van der Waals surface area contributed by atoms with Gasteiger partial charge in [-0.2, -0.15) is 0 Å². The van der Waals surface area contributed by atoms with Crippen LogP contribution in [0.4, 0.5) is 0 Å². The van der Waals surface area contributed by atoms with Gasteiger partial charge in [0.2, 0.25) is 0 Å². The van der Waals surface area contributed by atoms with E-state index in [0.29, 0.717) is 11.8 Å². The monoisotopic (exact) mass is 283 g/mol. The Balaban J connectivity index is 1.67. The van der Waals surface area contributed by atoms with E-state index in [9.17, 15) is 4.79 Å². The van der Waals surface area contributed by atoms with Crippen LogP contribution < -0.4 is 5.32 Å². The summed E-state index contributed by atoms with van der Waals surface area (Å²) in [4.78, 5) is 14.5. The Bertz CT molecular complexity index is 435. The van der Waals surface area contributed by atoms with E-state index >= 15 is 0 Å². The van der Waals surface area contributed by atoms with Crippen molar-refractivity contribution in [2.24, 2.45) is 5.92 Å². The maximum Gasteiger partial charge on any atom is 0.261 e. The molecule has 1 aromatic rings. The summed E-state index contributed by atoms with van der Waals surface area (Å²) in [7, 11) is 0. The molecule has 0 aliphatic heterocycles. The second-order valence-electron chi connectivity index (χ2n) is 5.34. The fraction of sp³-hybridized carbons (Fsp3) is 0.643. The average Bonchev–Trinajstić information content (AvgIpc) is 3.02. The Morgan fingerprint density at radius 3 is 3.06 bits per heavy atom. The first-order chi connectivity index (χ1) is 8.78. The number of carbonyl (C=O) groups is 1. The third-order valence-corrected chi connectivity index (χ3v) is 5.78. The van der Waals surface area contributed by atoms with Crippen molar-refractivity contribution in [3.8, 4) is 0 Å². The summed E-state index contributed by atoms with van der Waals surface area (Å²) >= 11 is 7.62. The SMILES string of the molecule is O=C(NC1CCCC1CCl)c1cc2c(s1)CCC2. The first kappa shape index (κ1) is 12.5. The van der Waals surface area contributed by atoms with Crippen molar-refractivity contribution < 1.29 is 4.79 Å². The van der Waals surface area contributed by atoms with E-state index in [1.54, 1.807) is 11.3 Å². The van der Waals surface area contributed by atoms with Crippen molar-refractivity contribution in [2.45, 2.75) is 44.6 Å². The molecular weight excluding hydrogens is 266 g/mol. The molecule has 2 aliphatic carbocycles. The van der Waals surface area contributed by atoms with Gasteiger partial charge in [0.15, 0.2) is 0 Å². The van der Waals surface area contributed by atoms with Gasteiger partial charge in [-0.05, 0) is 49.7 Å². The van der Waals surface area contributed by atoms with Gasteiger partial charge in [0, 0.05) is 16.8 Å². The molecular formula is C14H18ClNOS. The van der Waals surface area contributed by atoms with Crippen molar-refractivity contribution in [2.75, 3.05) is 5.88 Å². The molecule has 0 spiro atoms. The second kappa shape index (κ2) is 5.22. The van der Waals surface area contributed by atoms with E-state index < -0.39 is 0 Å². The van der Waals surface area contributed by atoms with Gasteiger partial charge in [-0.25, -0.2) is 0 Å². The Morgan fingerprint density at radius 2 is 2.28 bits per heavy atom. The van der Waals surface area contributed by atoms with E-state index in [4.69, 9.17) is 11.6 Å². The van der Waals surface area contributed by atoms with Crippen molar-refractivity contribution >= 4 is 28.8 Å². The Kier molecular flexibility index (Phi) is 3.62. The van der Waals surface area contributed by atoms with Gasteiger partial charge in [-0.1, -0.05) is 6.42 Å². The highest BCUT2D eigenvalue weighted by Crippen LogP contribution is 2.31. The van der Waals surface area contributed by atoms with Crippen molar-refractivity contribution in [1.82, 2.24) is 5.32 Å². The maximum absolute atomic E-state index is 12.2. The summed E-state index contributed by atoms with van der Waals surface area (Å²) in [6.07, 6.45) is 6.96. The topological polar surface area (TPSA) is 29.1 Å². The average molecular weight is 284 g/mol. The molecule has 1 amide bonds. The number of hydrogen-bond acceptors (Lipinski definition) is 2. The van der Waals surface area contributed by atoms with Crippen LogP contribution in [0.5, 0.6) is 0 Å². The third-order valence-electron chi connectivity index (χ3n) is 4.14. The van der Waals surface area contributed by atoms with Crippen LogP contribution in [0.25, 0.3) is 0 Å². The fourth-order valence-electron chi connectivity index (χ4n) is 3.09. The summed E-state index contributed by atoms with van der Waals surface area (Å²) < 4.78 is 0. The molecule has 1 saturated carbocycles. The summed E-state index contributed by atoms with van der Waals surface area (Å²) in [6.45, 7) is 0. The number of fused-ring (bicyclic) bond motifs is 1. The van der Waals surface area contributed by atoms with Crippen LogP contribution in [0, 0.1) is 5.92 Å². The largest absolute Gasteiger partial charge is 0.348 e. The number of alkyl halides is 1. The lowest BCUT2D eigenvalue weighted by molar-refractivity contribution is 0.0934. The lowest BCUT2D eigenvalue weighted by atomic mass is 10.1. The van der Waals surface area contributed by atoms with Gasteiger partial charge in [0.1, 0.15) is 0 Å². The number of carbonyl (C=O) groups excluding carboxylic acids is 1. The molecule has 0 bridgehead atoms. The van der Waals surface area contributed by atoms with E-state index in [2.05, 4.69) is 11.4 Å². The molecule has 2 aliphatic rings. The molecule has 1 aromatic heterocycles. The van der Waals surface area contributed by atoms with Gasteiger partial charge in [-0.3, -0.25) is 4.79 Å². The van der Waals surface area contributed by atoms with Crippen LogP contribution >= 0.6 is 22.9 Å². The normalized spacial score (nSPS) is 26.3. The fourth-order valence-corrected chi connectivity index (χ4v) is 4.62. The Morgan fingerprint density at radius 1 is 1.39 bits per heavy atom. The summed E-state index contributed by atoms with van der Waals surface area (Å²) in [5.41, 5.74) is 1.39. The summed E-state index contributed by atoms with van der Waals surface area (Å²) in [5, 5.41) is 3.17. The van der Waals surface area contributed by atoms with E-state index in [-0.39, 0.29) is 11.9 Å². The minimum atomic E-state index is 0.108. The van der Waals surface area contributed by atoms with E-state index in [0.717, 1.165) is 30.6 Å². The lowest BCUT2D eigenvalue weighted by Gasteiger charge is -2.18. The van der Waals surface area contributed by atoms with Crippen LogP contribution in [0.1, 0.15) is 45.8 Å². The molecule has 3 rings (SSSR count). The standard InChI is InChI=1S/C14H18ClNOS/c15-8-10-4-1-5-11(10)16-14(17)13-7-9-3-2-6-12(9)18-13/h7,10-11H,1-6,8H2,(H,16,17). The first-order valence-electron chi connectivity index (χ1n) is 6.76. The zero-order valence-corrected chi connectivity index (χ0v) is 11.9. The quantitative estimate of drug-likeness (QED) is 0.847. The number of thiophene rings is 1. The highest BCUT2D eigenvalue weighted by atomic mass is 35.5. The molecule has 0 radical (unpaired) electrons. The first-order valence-corrected chi connectivity index (χ1v) is 8.11. The van der Waals surface area contributed by atoms with Crippen molar-refractivity contribution in [1.29, 1.82) is 0 Å². The molecule has 1 N–H and O–H groups in total. The zero-order valence-electron chi connectivity index (χ0n) is 10.4. The predicted octanol–water partition coefficient (Wildman–Crippen LogP) is 3.37. The number of hydrogen-bond donors (Lipinski definition) is 1. The van der Waals surface area contributed by atoms with E-state index in [1.165, 1.54) is 23.3 Å². The zero-order chi connectivity index (χ0) is 12.5. The minimum Gasteiger partial charge on any atom is -0.348 e. The maximum atomic E-state index is 12.2. The molecule has 98 valence electrons. The minimum absolute atomic E-state index is 0.108. The number of nitrogens with one attached hydrogen (secondary N) is 1. The molecule has 0 saturated heterocycles. The Hall–Kier alpha value is -0.540. The van der Waals surface area contributed by atoms with Crippen LogP contribution in [0.2, 0.25) is 0 Å². The highest BCUT2D eigenvalue weighted by molar-refractivity contribution is 7.14. The van der Waals surface area contributed by atoms with Crippen LogP contribution in [-0.2, 0) is 12.8 Å². The van der Waals surface area contributed by atoms with Crippen LogP contribution in [-0.4, -0.2) is 17.8 Å². The van der Waals surface area contributed by atoms with Gasteiger partial charge in [0.05, 0.1) is 4.88 Å². The van der Waals surface area contributed by atoms with Crippen molar-refractivity contribution in [3.05, 3.63) is 21.4 Å². The molecule has 2 atom stereocenters. The highest BCUT2D eigenvalue weighted by Gasteiger charge is 2.29. The number of rotatable bonds is 3. The van der Waals surface area contributed by atoms with Gasteiger partial charge in [-0.15, -0.1) is 22.9 Å². The molecule has 0 aromatic carbocycles. The molecule has 2 nitrogen and oxygen atoms in total. The molecule has 4 heteroatoms. The van der Waals surface area contributed by atoms with Crippen LogP contribution in [0.3, 0.4) is 0 Å². The molecule has 18 heavy (non-hydrogen) atoms. The number of halogens is 1. The third kappa shape index (κ3) is 2.30. The van der Waals surface area contributed by atoms with Crippen molar-refractivity contribution in [3.63, 3.8) is 0 Å². The predicted molar refractivity (Wildman–Crippen MR) is 75.7 cm³/mol. The Labute approximate surface area is 117 Å². The van der Waals surface area contributed by atoms with Crippen LogP contribution in [0.15, 0.2) is 6.07 Å². The molecule has 1 heterocycles.